The molecule has 0 aliphatic heterocycles. The van der Waals surface area contributed by atoms with E-state index in [1.807, 2.05) is 0 Å². The molecule has 50 valence electrons. The summed E-state index contributed by atoms with van der Waals surface area (Å²) >= 11 is 0. The van der Waals surface area contributed by atoms with Crippen molar-refractivity contribution in [3.05, 3.63) is 0 Å². The van der Waals surface area contributed by atoms with Crippen molar-refractivity contribution >= 4 is 0 Å². The average molecular weight is 122 g/mol. The summed E-state index contributed by atoms with van der Waals surface area (Å²) in [6, 6.07) is 0. The summed E-state index contributed by atoms with van der Waals surface area (Å²) in [5, 5.41) is 0. The Labute approximate surface area is 56.6 Å². The Kier molecular flexibility index (Phi) is 0.470. The topological polar surface area (TPSA) is 0 Å². The summed E-state index contributed by atoms with van der Waals surface area (Å²) < 4.78 is 0. The van der Waals surface area contributed by atoms with Gasteiger partial charge in [0.05, 0.1) is 0 Å². The molecule has 3 fully saturated rings. The lowest BCUT2D eigenvalue weighted by Gasteiger charge is -2.04. The van der Waals surface area contributed by atoms with Gasteiger partial charge in [0.2, 0.25) is 0 Å². The first-order chi connectivity index (χ1) is 4.18. The molecule has 3 saturated carbocycles. The third kappa shape index (κ3) is 0.281. The molecule has 2 unspecified atom stereocenters. The standard InChI is InChI=1S/C9H14/c1-8(2)5-9(8)6-3-4-7(6)9/h6-7H,3-5H2,1-2H3. The zero-order valence-electron chi connectivity index (χ0n) is 6.28. The molecule has 0 heterocycles. The van der Waals surface area contributed by atoms with E-state index in [0.717, 1.165) is 10.8 Å². The molecule has 0 saturated heterocycles. The molecule has 0 amide bonds. The van der Waals surface area contributed by atoms with Gasteiger partial charge in [0.25, 0.3) is 0 Å². The second kappa shape index (κ2) is 0.889. The Morgan fingerprint density at radius 1 is 1.11 bits per heavy atom. The van der Waals surface area contributed by atoms with Crippen LogP contribution >= 0.6 is 0 Å². The van der Waals surface area contributed by atoms with Crippen LogP contribution in [-0.4, -0.2) is 0 Å². The lowest BCUT2D eigenvalue weighted by atomic mass is 10.0. The van der Waals surface area contributed by atoms with E-state index in [9.17, 15) is 0 Å². The molecule has 1 spiro atoms. The van der Waals surface area contributed by atoms with E-state index in [-0.39, 0.29) is 0 Å². The highest BCUT2D eigenvalue weighted by molar-refractivity contribution is 5.32. The van der Waals surface area contributed by atoms with Gasteiger partial charge in [-0.05, 0) is 41.9 Å². The van der Waals surface area contributed by atoms with Gasteiger partial charge in [-0.3, -0.25) is 0 Å². The molecule has 0 aromatic carbocycles. The first-order valence-corrected chi connectivity index (χ1v) is 4.18. The maximum atomic E-state index is 2.45. The van der Waals surface area contributed by atoms with Crippen LogP contribution in [0.3, 0.4) is 0 Å². The predicted molar refractivity (Wildman–Crippen MR) is 37.0 cm³/mol. The average Bonchev–Trinajstić information content (AvgIpc) is 2.14. The van der Waals surface area contributed by atoms with Crippen LogP contribution in [0.2, 0.25) is 0 Å². The first kappa shape index (κ1) is 4.76. The molecule has 3 aliphatic rings. The van der Waals surface area contributed by atoms with Crippen LogP contribution in [0.4, 0.5) is 0 Å². The normalized spacial score (nSPS) is 64.7. The van der Waals surface area contributed by atoms with Gasteiger partial charge in [-0.1, -0.05) is 13.8 Å². The molecule has 0 nitrogen and oxygen atoms in total. The minimum absolute atomic E-state index is 0.763. The van der Waals surface area contributed by atoms with E-state index >= 15 is 0 Å². The van der Waals surface area contributed by atoms with Gasteiger partial charge in [0, 0.05) is 0 Å². The largest absolute Gasteiger partial charge is 0.0593 e. The van der Waals surface area contributed by atoms with Crippen molar-refractivity contribution in [3.63, 3.8) is 0 Å². The summed E-state index contributed by atoms with van der Waals surface area (Å²) in [5.74, 6) is 2.40. The minimum atomic E-state index is 0.763. The van der Waals surface area contributed by atoms with Crippen molar-refractivity contribution in [2.75, 3.05) is 0 Å². The van der Waals surface area contributed by atoms with Crippen LogP contribution in [-0.2, 0) is 0 Å². The Hall–Kier alpha value is 0. The Balaban J connectivity index is 1.96. The highest BCUT2D eigenvalue weighted by Crippen LogP contribution is 2.90. The van der Waals surface area contributed by atoms with Gasteiger partial charge in [-0.15, -0.1) is 0 Å². The Bertz CT molecular complexity index is 168. The fraction of sp³-hybridized carbons (Fsp3) is 1.00. The SMILES string of the molecule is CC1(C)CC12C1CCC12. The highest BCUT2D eigenvalue weighted by Gasteiger charge is 2.84. The smallest absolute Gasteiger partial charge is 0.0178 e. The van der Waals surface area contributed by atoms with Gasteiger partial charge >= 0.3 is 0 Å². The first-order valence-electron chi connectivity index (χ1n) is 4.18. The second-order valence-corrected chi connectivity index (χ2v) is 4.89. The van der Waals surface area contributed by atoms with E-state index in [2.05, 4.69) is 13.8 Å². The van der Waals surface area contributed by atoms with E-state index < -0.39 is 0 Å². The van der Waals surface area contributed by atoms with Crippen molar-refractivity contribution in [1.29, 1.82) is 0 Å². The summed E-state index contributed by atoms with van der Waals surface area (Å²) in [6.45, 7) is 4.90. The highest BCUT2D eigenvalue weighted by atomic mass is 14.9. The van der Waals surface area contributed by atoms with Gasteiger partial charge in [-0.2, -0.15) is 0 Å². The minimum Gasteiger partial charge on any atom is -0.0593 e. The lowest BCUT2D eigenvalue weighted by Crippen LogP contribution is -1.93. The van der Waals surface area contributed by atoms with Crippen LogP contribution in [0.25, 0.3) is 0 Å². The number of rotatable bonds is 0. The van der Waals surface area contributed by atoms with Crippen molar-refractivity contribution in [1.82, 2.24) is 0 Å². The molecule has 0 aromatic heterocycles. The van der Waals surface area contributed by atoms with Gasteiger partial charge < -0.3 is 0 Å². The fourth-order valence-electron chi connectivity index (χ4n) is 3.57. The molecule has 0 radical (unpaired) electrons. The maximum absolute atomic E-state index is 2.45. The van der Waals surface area contributed by atoms with Crippen LogP contribution in [0.15, 0.2) is 0 Å². The van der Waals surface area contributed by atoms with Crippen LogP contribution in [0.5, 0.6) is 0 Å². The molecule has 0 heteroatoms. The molecular formula is C9H14. The summed E-state index contributed by atoms with van der Waals surface area (Å²) in [7, 11) is 0. The van der Waals surface area contributed by atoms with Gasteiger partial charge in [-0.25, -0.2) is 0 Å². The number of fused-ring (bicyclic) bond motifs is 3. The van der Waals surface area contributed by atoms with E-state index in [1.54, 1.807) is 19.3 Å². The number of hydrogen-bond acceptors (Lipinski definition) is 0. The molecule has 0 N–H and O–H groups in total. The van der Waals surface area contributed by atoms with Crippen molar-refractivity contribution in [3.8, 4) is 0 Å². The van der Waals surface area contributed by atoms with Crippen LogP contribution < -0.4 is 0 Å². The Morgan fingerprint density at radius 3 is 1.67 bits per heavy atom. The van der Waals surface area contributed by atoms with Crippen molar-refractivity contribution < 1.29 is 0 Å². The molecular weight excluding hydrogens is 108 g/mol. The van der Waals surface area contributed by atoms with Crippen molar-refractivity contribution in [2.24, 2.45) is 22.7 Å². The monoisotopic (exact) mass is 122 g/mol. The fourth-order valence-corrected chi connectivity index (χ4v) is 3.57. The molecule has 3 rings (SSSR count). The lowest BCUT2D eigenvalue weighted by molar-refractivity contribution is 0.468. The zero-order chi connectivity index (χ0) is 6.28. The molecule has 0 aromatic rings. The van der Waals surface area contributed by atoms with Gasteiger partial charge in [0.15, 0.2) is 0 Å². The summed E-state index contributed by atoms with van der Waals surface area (Å²) in [4.78, 5) is 0. The predicted octanol–water partition coefficient (Wildman–Crippen LogP) is 2.44. The van der Waals surface area contributed by atoms with Crippen molar-refractivity contribution in [2.45, 2.75) is 33.1 Å². The number of hydrogen-bond donors (Lipinski definition) is 0. The quantitative estimate of drug-likeness (QED) is 0.463. The molecule has 0 bridgehead atoms. The van der Waals surface area contributed by atoms with E-state index in [1.165, 1.54) is 11.8 Å². The molecule has 3 aliphatic carbocycles. The third-order valence-electron chi connectivity index (χ3n) is 4.36. The second-order valence-electron chi connectivity index (χ2n) is 4.89. The summed E-state index contributed by atoms with van der Waals surface area (Å²) in [6.07, 6.45) is 4.68. The maximum Gasteiger partial charge on any atom is -0.0178 e. The van der Waals surface area contributed by atoms with E-state index in [0.29, 0.717) is 0 Å². The third-order valence-corrected chi connectivity index (χ3v) is 4.36. The zero-order valence-corrected chi connectivity index (χ0v) is 6.28. The Morgan fingerprint density at radius 2 is 1.56 bits per heavy atom. The van der Waals surface area contributed by atoms with Crippen LogP contribution in [0, 0.1) is 22.7 Å². The molecule has 2 atom stereocenters. The molecule has 9 heavy (non-hydrogen) atoms. The van der Waals surface area contributed by atoms with Gasteiger partial charge in [0.1, 0.15) is 0 Å². The van der Waals surface area contributed by atoms with Crippen LogP contribution in [0.1, 0.15) is 33.1 Å². The summed E-state index contributed by atoms with van der Waals surface area (Å²) in [5.41, 5.74) is 1.69. The van der Waals surface area contributed by atoms with E-state index in [4.69, 9.17) is 0 Å².